The average Bonchev–Trinajstić information content (AvgIpc) is 3.03. The second-order valence-electron chi connectivity index (χ2n) is 5.95. The van der Waals surface area contributed by atoms with E-state index in [9.17, 15) is 9.90 Å². The highest BCUT2D eigenvalue weighted by atomic mass is 16.4. The van der Waals surface area contributed by atoms with E-state index in [2.05, 4.69) is 0 Å². The Balaban J connectivity index is 0.000000561. The summed E-state index contributed by atoms with van der Waals surface area (Å²) in [6.45, 7) is 12.0. The summed E-state index contributed by atoms with van der Waals surface area (Å²) in [6.07, 6.45) is 0.805. The number of carbonyl (C=O) groups excluding carboxylic acids is 1. The second kappa shape index (κ2) is 7.10. The third-order valence-corrected chi connectivity index (χ3v) is 3.67. The van der Waals surface area contributed by atoms with Crippen LogP contribution in [0.25, 0.3) is 11.0 Å². The summed E-state index contributed by atoms with van der Waals surface area (Å²) in [5.41, 5.74) is -0.925. The van der Waals surface area contributed by atoms with Crippen molar-refractivity contribution in [1.29, 1.82) is 0 Å². The lowest BCUT2D eigenvalue weighted by Gasteiger charge is -2.21. The lowest BCUT2D eigenvalue weighted by atomic mass is 9.88. The van der Waals surface area contributed by atoms with Crippen LogP contribution < -0.4 is 0 Å². The zero-order valence-corrected chi connectivity index (χ0v) is 14.6. The second-order valence-corrected chi connectivity index (χ2v) is 5.95. The van der Waals surface area contributed by atoms with Gasteiger partial charge in [-0.05, 0) is 24.0 Å². The van der Waals surface area contributed by atoms with Gasteiger partial charge in [0.1, 0.15) is 11.3 Å². The first-order valence-electron chi connectivity index (χ1n) is 8.15. The van der Waals surface area contributed by atoms with Gasteiger partial charge in [0.2, 0.25) is 0 Å². The molecule has 1 aliphatic rings. The van der Waals surface area contributed by atoms with Gasteiger partial charge in [-0.2, -0.15) is 0 Å². The maximum atomic E-state index is 12.1. The minimum atomic E-state index is -1.46. The highest BCUT2D eigenvalue weighted by Crippen LogP contribution is 2.47. The summed E-state index contributed by atoms with van der Waals surface area (Å²) >= 11 is 0. The Morgan fingerprint density at radius 2 is 1.68 bits per heavy atom. The fourth-order valence-corrected chi connectivity index (χ4v) is 2.84. The summed E-state index contributed by atoms with van der Waals surface area (Å²) in [5.74, 6) is 0.228. The van der Waals surface area contributed by atoms with Crippen LogP contribution in [0.2, 0.25) is 0 Å². The zero-order chi connectivity index (χ0) is 17.0. The van der Waals surface area contributed by atoms with E-state index in [0.29, 0.717) is 24.2 Å². The van der Waals surface area contributed by atoms with Crippen LogP contribution in [0.3, 0.4) is 0 Å². The summed E-state index contributed by atoms with van der Waals surface area (Å²) < 4.78 is 5.65. The molecule has 1 aromatic heterocycles. The number of fused-ring (bicyclic) bond motifs is 1. The van der Waals surface area contributed by atoms with Crippen LogP contribution in [0, 0.1) is 5.41 Å². The normalized spacial score (nSPS) is 22.6. The van der Waals surface area contributed by atoms with Gasteiger partial charge in [-0.1, -0.05) is 59.7 Å². The number of carbonyl (C=O) groups is 1. The average molecular weight is 304 g/mol. The van der Waals surface area contributed by atoms with E-state index in [0.717, 1.165) is 5.39 Å². The Kier molecular flexibility index (Phi) is 5.95. The van der Waals surface area contributed by atoms with Gasteiger partial charge in [0.25, 0.3) is 0 Å². The Bertz CT molecular complexity index is 591. The smallest absolute Gasteiger partial charge is 0.181 e. The highest BCUT2D eigenvalue weighted by Gasteiger charge is 2.52. The molecule has 1 atom stereocenters. The molecule has 0 saturated heterocycles. The summed E-state index contributed by atoms with van der Waals surface area (Å²) in [6, 6.07) is 9.31. The minimum absolute atomic E-state index is 0.147. The van der Waals surface area contributed by atoms with Crippen molar-refractivity contribution < 1.29 is 14.3 Å². The Labute approximate surface area is 133 Å². The maximum absolute atomic E-state index is 12.1. The predicted molar refractivity (Wildman–Crippen MR) is 90.8 cm³/mol. The third kappa shape index (κ3) is 3.41. The van der Waals surface area contributed by atoms with Crippen LogP contribution in [0.1, 0.15) is 60.1 Å². The molecule has 1 saturated carbocycles. The van der Waals surface area contributed by atoms with Crippen molar-refractivity contribution in [2.45, 2.75) is 60.0 Å². The number of Topliss-reactive ketones (excluding diaryl/α,β-unsaturated/α-hetero) is 1. The lowest BCUT2D eigenvalue weighted by Crippen LogP contribution is -2.30. The zero-order valence-electron chi connectivity index (χ0n) is 14.6. The summed E-state index contributed by atoms with van der Waals surface area (Å²) in [4.78, 5) is 12.1. The van der Waals surface area contributed by atoms with Crippen molar-refractivity contribution in [2.75, 3.05) is 0 Å². The van der Waals surface area contributed by atoms with Gasteiger partial charge in [0, 0.05) is 11.8 Å². The van der Waals surface area contributed by atoms with Gasteiger partial charge < -0.3 is 9.52 Å². The fraction of sp³-hybridized carbons (Fsp3) is 0.526. The van der Waals surface area contributed by atoms with E-state index >= 15 is 0 Å². The molecule has 0 amide bonds. The molecule has 2 aromatic rings. The highest BCUT2D eigenvalue weighted by molar-refractivity contribution is 5.92. The third-order valence-electron chi connectivity index (χ3n) is 3.67. The number of furan rings is 1. The van der Waals surface area contributed by atoms with Crippen LogP contribution in [0.4, 0.5) is 0 Å². The van der Waals surface area contributed by atoms with Gasteiger partial charge in [0.15, 0.2) is 11.4 Å². The van der Waals surface area contributed by atoms with Crippen molar-refractivity contribution in [1.82, 2.24) is 0 Å². The van der Waals surface area contributed by atoms with Gasteiger partial charge in [-0.15, -0.1) is 0 Å². The van der Waals surface area contributed by atoms with E-state index in [1.54, 1.807) is 6.07 Å². The van der Waals surface area contributed by atoms with E-state index < -0.39 is 5.60 Å². The van der Waals surface area contributed by atoms with Gasteiger partial charge in [-0.25, -0.2) is 0 Å². The first-order valence-corrected chi connectivity index (χ1v) is 8.15. The number of rotatable bonds is 1. The Hall–Kier alpha value is -1.61. The summed E-state index contributed by atoms with van der Waals surface area (Å²) in [5, 5.41) is 11.5. The van der Waals surface area contributed by atoms with Crippen molar-refractivity contribution in [3.05, 3.63) is 36.1 Å². The van der Waals surface area contributed by atoms with Crippen LogP contribution in [-0.2, 0) is 10.4 Å². The molecule has 22 heavy (non-hydrogen) atoms. The molecule has 3 rings (SSSR count). The van der Waals surface area contributed by atoms with E-state index in [4.69, 9.17) is 4.42 Å². The molecule has 0 aliphatic heterocycles. The molecule has 122 valence electrons. The number of benzene rings is 1. The minimum Gasteiger partial charge on any atom is -0.457 e. The molecule has 1 fully saturated rings. The van der Waals surface area contributed by atoms with E-state index in [1.807, 2.05) is 65.8 Å². The standard InChI is InChI=1S/C15H16O3.2C2H6/c1-14(2)8-12(16)15(17,9-14)13-7-10-5-3-4-6-11(10)18-13;2*1-2/h3-7,17H,8-9H2,1-2H3;2*1-2H3. The topological polar surface area (TPSA) is 50.4 Å². The van der Waals surface area contributed by atoms with Crippen molar-refractivity contribution in [3.8, 4) is 0 Å². The number of para-hydroxylation sites is 1. The largest absolute Gasteiger partial charge is 0.457 e. The van der Waals surface area contributed by atoms with E-state index in [-0.39, 0.29) is 11.2 Å². The number of hydrogen-bond donors (Lipinski definition) is 1. The molecular formula is C19H28O3. The predicted octanol–water partition coefficient (Wildman–Crippen LogP) is 5.06. The molecule has 0 spiro atoms. The molecule has 3 heteroatoms. The Morgan fingerprint density at radius 1 is 1.09 bits per heavy atom. The molecule has 1 aliphatic carbocycles. The van der Waals surface area contributed by atoms with Crippen LogP contribution in [0.15, 0.2) is 34.7 Å². The number of aliphatic hydroxyl groups is 1. The number of ketones is 1. The van der Waals surface area contributed by atoms with Gasteiger partial charge >= 0.3 is 0 Å². The fourth-order valence-electron chi connectivity index (χ4n) is 2.84. The maximum Gasteiger partial charge on any atom is 0.181 e. The van der Waals surface area contributed by atoms with Gasteiger partial charge in [-0.3, -0.25) is 4.79 Å². The van der Waals surface area contributed by atoms with Crippen LogP contribution >= 0.6 is 0 Å². The lowest BCUT2D eigenvalue weighted by molar-refractivity contribution is -0.135. The first kappa shape index (κ1) is 18.4. The molecular weight excluding hydrogens is 276 g/mol. The SMILES string of the molecule is CC.CC.CC1(C)CC(=O)C(O)(c2cc3ccccc3o2)C1. The van der Waals surface area contributed by atoms with Crippen LogP contribution in [0.5, 0.6) is 0 Å². The van der Waals surface area contributed by atoms with Crippen molar-refractivity contribution in [2.24, 2.45) is 5.41 Å². The molecule has 3 nitrogen and oxygen atoms in total. The van der Waals surface area contributed by atoms with Crippen molar-refractivity contribution in [3.63, 3.8) is 0 Å². The van der Waals surface area contributed by atoms with Crippen molar-refractivity contribution >= 4 is 16.8 Å². The first-order chi connectivity index (χ1) is 10.4. The molecule has 0 radical (unpaired) electrons. The molecule has 1 aromatic carbocycles. The molecule has 1 unspecified atom stereocenters. The molecule has 1 heterocycles. The molecule has 0 bridgehead atoms. The monoisotopic (exact) mass is 304 g/mol. The Morgan fingerprint density at radius 3 is 2.18 bits per heavy atom. The molecule has 1 N–H and O–H groups in total. The quantitative estimate of drug-likeness (QED) is 0.801. The summed E-state index contributed by atoms with van der Waals surface area (Å²) in [7, 11) is 0. The van der Waals surface area contributed by atoms with Gasteiger partial charge in [0.05, 0.1) is 0 Å². The van der Waals surface area contributed by atoms with E-state index in [1.165, 1.54) is 0 Å². The number of hydrogen-bond acceptors (Lipinski definition) is 3. The van der Waals surface area contributed by atoms with Crippen LogP contribution in [-0.4, -0.2) is 10.9 Å².